The molecular weight excluding hydrogens is 286 g/mol. The molecule has 23 heavy (non-hydrogen) atoms. The number of hydrogen-bond donors (Lipinski definition) is 1. The van der Waals surface area contributed by atoms with Gasteiger partial charge in [-0.2, -0.15) is 0 Å². The van der Waals surface area contributed by atoms with Crippen LogP contribution in [0.3, 0.4) is 0 Å². The molecule has 3 rings (SSSR count). The van der Waals surface area contributed by atoms with Gasteiger partial charge >= 0.3 is 5.97 Å². The molecule has 0 bridgehead atoms. The van der Waals surface area contributed by atoms with Gasteiger partial charge in [0.05, 0.1) is 6.04 Å². The van der Waals surface area contributed by atoms with Crippen LogP contribution >= 0.6 is 0 Å². The van der Waals surface area contributed by atoms with E-state index in [9.17, 15) is 4.79 Å². The second-order valence-electron chi connectivity index (χ2n) is 7.24. The SMILES string of the molecule is CC(C)(C)OC(=O)[C@]1(C)c2ccccc2N[C@@H]1c1ccccc1. The fourth-order valence-electron chi connectivity index (χ4n) is 3.19. The lowest BCUT2D eigenvalue weighted by Crippen LogP contribution is -2.42. The maximum absolute atomic E-state index is 13.1. The Hall–Kier alpha value is -2.29. The van der Waals surface area contributed by atoms with E-state index in [0.29, 0.717) is 0 Å². The van der Waals surface area contributed by atoms with Crippen LogP contribution in [0, 0.1) is 0 Å². The number of fused-ring (bicyclic) bond motifs is 1. The summed E-state index contributed by atoms with van der Waals surface area (Å²) in [4.78, 5) is 13.1. The van der Waals surface area contributed by atoms with Crippen molar-refractivity contribution < 1.29 is 9.53 Å². The number of esters is 1. The molecule has 0 amide bonds. The lowest BCUT2D eigenvalue weighted by Gasteiger charge is -2.33. The van der Waals surface area contributed by atoms with E-state index in [2.05, 4.69) is 5.32 Å². The van der Waals surface area contributed by atoms with E-state index in [4.69, 9.17) is 4.74 Å². The molecule has 1 heterocycles. The van der Waals surface area contributed by atoms with Gasteiger partial charge in [0.2, 0.25) is 0 Å². The van der Waals surface area contributed by atoms with Gasteiger partial charge < -0.3 is 10.1 Å². The molecule has 2 atom stereocenters. The fourth-order valence-corrected chi connectivity index (χ4v) is 3.19. The van der Waals surface area contributed by atoms with Crippen molar-refractivity contribution in [1.29, 1.82) is 0 Å². The Bertz CT molecular complexity index is 718. The van der Waals surface area contributed by atoms with Crippen molar-refractivity contribution in [3.8, 4) is 0 Å². The van der Waals surface area contributed by atoms with Crippen LogP contribution in [-0.4, -0.2) is 11.6 Å². The van der Waals surface area contributed by atoms with Gasteiger partial charge in [-0.05, 0) is 44.9 Å². The molecule has 2 aromatic carbocycles. The van der Waals surface area contributed by atoms with Gasteiger partial charge in [-0.25, -0.2) is 0 Å². The molecule has 3 nitrogen and oxygen atoms in total. The van der Waals surface area contributed by atoms with Crippen LogP contribution in [0.2, 0.25) is 0 Å². The predicted octanol–water partition coefficient (Wildman–Crippen LogP) is 4.45. The number of benzene rings is 2. The molecule has 1 aliphatic rings. The second kappa shape index (κ2) is 5.41. The third-order valence-corrected chi connectivity index (χ3v) is 4.32. The zero-order valence-corrected chi connectivity index (χ0v) is 14.1. The summed E-state index contributed by atoms with van der Waals surface area (Å²) in [6, 6.07) is 17.9. The number of nitrogens with one attached hydrogen (secondary N) is 1. The van der Waals surface area contributed by atoms with E-state index in [-0.39, 0.29) is 12.0 Å². The van der Waals surface area contributed by atoms with Crippen LogP contribution in [0.25, 0.3) is 0 Å². The van der Waals surface area contributed by atoms with Crippen LogP contribution in [0.5, 0.6) is 0 Å². The first kappa shape index (κ1) is 15.6. The van der Waals surface area contributed by atoms with Gasteiger partial charge in [-0.3, -0.25) is 4.79 Å². The first-order valence-electron chi connectivity index (χ1n) is 7.97. The Morgan fingerprint density at radius 1 is 1.04 bits per heavy atom. The molecular formula is C20H23NO2. The Balaban J connectivity index is 2.09. The summed E-state index contributed by atoms with van der Waals surface area (Å²) in [6.45, 7) is 7.68. The molecule has 120 valence electrons. The number of anilines is 1. The first-order chi connectivity index (χ1) is 10.8. The van der Waals surface area contributed by atoms with Gasteiger partial charge in [-0.1, -0.05) is 48.5 Å². The Morgan fingerprint density at radius 2 is 1.65 bits per heavy atom. The number of carbonyl (C=O) groups is 1. The van der Waals surface area contributed by atoms with Crippen molar-refractivity contribution in [3.63, 3.8) is 0 Å². The number of ether oxygens (including phenoxy) is 1. The van der Waals surface area contributed by atoms with Crippen molar-refractivity contribution in [2.75, 3.05) is 5.32 Å². The lowest BCUT2D eigenvalue weighted by molar-refractivity contribution is -0.162. The highest BCUT2D eigenvalue weighted by Gasteiger charge is 2.51. The molecule has 3 heteroatoms. The molecule has 0 spiro atoms. The number of rotatable bonds is 2. The lowest BCUT2D eigenvalue weighted by atomic mass is 9.76. The minimum Gasteiger partial charge on any atom is -0.459 e. The van der Waals surface area contributed by atoms with E-state index in [1.807, 2.05) is 82.3 Å². The third-order valence-electron chi connectivity index (χ3n) is 4.32. The van der Waals surface area contributed by atoms with E-state index in [0.717, 1.165) is 16.8 Å². The molecule has 0 saturated carbocycles. The van der Waals surface area contributed by atoms with Crippen molar-refractivity contribution in [1.82, 2.24) is 0 Å². The first-order valence-corrected chi connectivity index (χ1v) is 7.97. The van der Waals surface area contributed by atoms with Gasteiger partial charge in [0.15, 0.2) is 0 Å². The molecule has 0 aromatic heterocycles. The summed E-state index contributed by atoms with van der Waals surface area (Å²) in [5.74, 6) is -0.198. The zero-order chi connectivity index (χ0) is 16.7. The van der Waals surface area contributed by atoms with Crippen molar-refractivity contribution >= 4 is 11.7 Å². The van der Waals surface area contributed by atoms with Gasteiger partial charge in [-0.15, -0.1) is 0 Å². The number of para-hydroxylation sites is 1. The summed E-state index contributed by atoms with van der Waals surface area (Å²) in [7, 11) is 0. The average molecular weight is 309 g/mol. The van der Waals surface area contributed by atoms with Crippen LogP contribution in [-0.2, 0) is 14.9 Å². The fraction of sp³-hybridized carbons (Fsp3) is 0.350. The Morgan fingerprint density at radius 3 is 2.30 bits per heavy atom. The molecule has 1 N–H and O–H groups in total. The topological polar surface area (TPSA) is 38.3 Å². The molecule has 0 saturated heterocycles. The zero-order valence-electron chi connectivity index (χ0n) is 14.1. The van der Waals surface area contributed by atoms with Gasteiger partial charge in [0.25, 0.3) is 0 Å². The number of carbonyl (C=O) groups excluding carboxylic acids is 1. The number of hydrogen-bond acceptors (Lipinski definition) is 3. The molecule has 0 fully saturated rings. The summed E-state index contributed by atoms with van der Waals surface area (Å²) in [5, 5.41) is 3.51. The summed E-state index contributed by atoms with van der Waals surface area (Å²) >= 11 is 0. The van der Waals surface area contributed by atoms with Crippen LogP contribution in [0.1, 0.15) is 44.9 Å². The van der Waals surface area contributed by atoms with Crippen molar-refractivity contribution in [2.24, 2.45) is 0 Å². The molecule has 0 aliphatic carbocycles. The molecule has 0 radical (unpaired) electrons. The largest absolute Gasteiger partial charge is 0.459 e. The standard InChI is InChI=1S/C20H23NO2/c1-19(2,3)23-18(22)20(4)15-12-8-9-13-16(15)21-17(20)14-10-6-5-7-11-14/h5-13,17,21H,1-4H3/t17-,20-/m1/s1. The highest BCUT2D eigenvalue weighted by Crippen LogP contribution is 2.49. The Kier molecular flexibility index (Phi) is 3.67. The van der Waals surface area contributed by atoms with Crippen LogP contribution < -0.4 is 5.32 Å². The monoisotopic (exact) mass is 309 g/mol. The predicted molar refractivity (Wildman–Crippen MR) is 92.4 cm³/mol. The minimum atomic E-state index is -0.759. The maximum atomic E-state index is 13.1. The van der Waals surface area contributed by atoms with E-state index < -0.39 is 11.0 Å². The molecule has 0 unspecified atom stereocenters. The average Bonchev–Trinajstić information content (AvgIpc) is 2.82. The second-order valence-corrected chi connectivity index (χ2v) is 7.24. The van der Waals surface area contributed by atoms with E-state index in [1.165, 1.54) is 0 Å². The highest BCUT2D eigenvalue weighted by atomic mass is 16.6. The van der Waals surface area contributed by atoms with E-state index in [1.54, 1.807) is 0 Å². The smallest absolute Gasteiger partial charge is 0.319 e. The van der Waals surface area contributed by atoms with Crippen LogP contribution in [0.4, 0.5) is 5.69 Å². The van der Waals surface area contributed by atoms with Gasteiger partial charge in [0.1, 0.15) is 11.0 Å². The summed E-state index contributed by atoms with van der Waals surface area (Å²) < 4.78 is 5.75. The third kappa shape index (κ3) is 2.72. The molecule has 1 aliphatic heterocycles. The van der Waals surface area contributed by atoms with Crippen LogP contribution in [0.15, 0.2) is 54.6 Å². The quantitative estimate of drug-likeness (QED) is 0.833. The highest BCUT2D eigenvalue weighted by molar-refractivity contribution is 5.90. The summed E-state index contributed by atoms with van der Waals surface area (Å²) in [5.41, 5.74) is 1.79. The van der Waals surface area contributed by atoms with Crippen molar-refractivity contribution in [3.05, 3.63) is 65.7 Å². The van der Waals surface area contributed by atoms with Gasteiger partial charge in [0, 0.05) is 5.69 Å². The van der Waals surface area contributed by atoms with Crippen molar-refractivity contribution in [2.45, 2.75) is 44.8 Å². The minimum absolute atomic E-state index is 0.143. The van der Waals surface area contributed by atoms with E-state index >= 15 is 0 Å². The Labute approximate surface area is 137 Å². The molecule has 2 aromatic rings. The summed E-state index contributed by atoms with van der Waals surface area (Å²) in [6.07, 6.45) is 0. The normalized spacial score (nSPS) is 23.0. The maximum Gasteiger partial charge on any atom is 0.319 e.